The molecule has 108 valence electrons. The lowest BCUT2D eigenvalue weighted by atomic mass is 10.1. The number of aliphatic carboxylic acids is 1. The highest BCUT2D eigenvalue weighted by molar-refractivity contribution is 5.78. The number of carbonyl (C=O) groups is 2. The van der Waals surface area contributed by atoms with Gasteiger partial charge >= 0.3 is 5.97 Å². The Kier molecular flexibility index (Phi) is 5.09. The first-order valence-electron chi connectivity index (χ1n) is 6.40. The minimum Gasteiger partial charge on any atom is -0.480 e. The Balaban J connectivity index is 1.87. The highest BCUT2D eigenvalue weighted by atomic mass is 16.5. The summed E-state index contributed by atoms with van der Waals surface area (Å²) in [6.07, 6.45) is -0.145. The van der Waals surface area contributed by atoms with Crippen molar-refractivity contribution in [3.05, 3.63) is 35.9 Å². The molecule has 20 heavy (non-hydrogen) atoms. The Bertz CT molecular complexity index is 462. The Morgan fingerprint density at radius 1 is 1.30 bits per heavy atom. The van der Waals surface area contributed by atoms with Crippen LogP contribution in [0.5, 0.6) is 0 Å². The fourth-order valence-electron chi connectivity index (χ4n) is 2.06. The molecule has 1 atom stereocenters. The SMILES string of the molecule is O=C(O)COCC(=O)N1CCOC(c2ccccc2)C1. The first kappa shape index (κ1) is 14.5. The number of carbonyl (C=O) groups excluding carboxylic acids is 1. The average Bonchev–Trinajstić information content (AvgIpc) is 2.48. The zero-order valence-corrected chi connectivity index (χ0v) is 11.0. The van der Waals surface area contributed by atoms with Gasteiger partial charge in [0.05, 0.1) is 13.2 Å². The van der Waals surface area contributed by atoms with E-state index < -0.39 is 12.6 Å². The Morgan fingerprint density at radius 3 is 2.75 bits per heavy atom. The zero-order valence-electron chi connectivity index (χ0n) is 11.0. The van der Waals surface area contributed by atoms with Crippen molar-refractivity contribution >= 4 is 11.9 Å². The number of rotatable bonds is 5. The fourth-order valence-corrected chi connectivity index (χ4v) is 2.06. The van der Waals surface area contributed by atoms with E-state index in [1.807, 2.05) is 30.3 Å². The predicted octanol–water partition coefficient (Wildman–Crippen LogP) is 0.688. The van der Waals surface area contributed by atoms with Crippen LogP contribution in [0.15, 0.2) is 30.3 Å². The van der Waals surface area contributed by atoms with Gasteiger partial charge in [0.1, 0.15) is 19.3 Å². The average molecular weight is 279 g/mol. The van der Waals surface area contributed by atoms with Crippen LogP contribution in [0.3, 0.4) is 0 Å². The second-order valence-corrected chi connectivity index (χ2v) is 4.50. The molecule has 6 nitrogen and oxygen atoms in total. The second kappa shape index (κ2) is 7.02. The van der Waals surface area contributed by atoms with Gasteiger partial charge in [0.15, 0.2) is 0 Å². The number of carboxylic acids is 1. The molecule has 1 amide bonds. The summed E-state index contributed by atoms with van der Waals surface area (Å²) in [5.41, 5.74) is 1.02. The van der Waals surface area contributed by atoms with Crippen LogP contribution in [0.2, 0.25) is 0 Å². The molecule has 0 bridgehead atoms. The lowest BCUT2D eigenvalue weighted by molar-refractivity contribution is -0.149. The van der Waals surface area contributed by atoms with E-state index in [2.05, 4.69) is 0 Å². The molecule has 1 unspecified atom stereocenters. The Morgan fingerprint density at radius 2 is 2.05 bits per heavy atom. The maximum atomic E-state index is 11.9. The monoisotopic (exact) mass is 279 g/mol. The van der Waals surface area contributed by atoms with Crippen LogP contribution in [0.1, 0.15) is 11.7 Å². The van der Waals surface area contributed by atoms with E-state index in [4.69, 9.17) is 14.6 Å². The van der Waals surface area contributed by atoms with E-state index in [0.29, 0.717) is 19.7 Å². The van der Waals surface area contributed by atoms with Crippen molar-refractivity contribution in [1.82, 2.24) is 4.90 Å². The molecule has 1 aromatic rings. The van der Waals surface area contributed by atoms with E-state index in [1.54, 1.807) is 4.90 Å². The van der Waals surface area contributed by atoms with Crippen molar-refractivity contribution in [2.75, 3.05) is 32.9 Å². The largest absolute Gasteiger partial charge is 0.480 e. The standard InChI is InChI=1S/C14H17NO5/c16-13(9-19-10-14(17)18)15-6-7-20-12(8-15)11-4-2-1-3-5-11/h1-5,12H,6-10H2,(H,17,18). The summed E-state index contributed by atoms with van der Waals surface area (Å²) in [7, 11) is 0. The molecule has 1 aliphatic heterocycles. The van der Waals surface area contributed by atoms with Crippen molar-refractivity contribution in [2.24, 2.45) is 0 Å². The van der Waals surface area contributed by atoms with Crippen LogP contribution >= 0.6 is 0 Å². The smallest absolute Gasteiger partial charge is 0.329 e. The molecule has 1 heterocycles. The van der Waals surface area contributed by atoms with Gasteiger partial charge in [-0.3, -0.25) is 4.79 Å². The van der Waals surface area contributed by atoms with Crippen LogP contribution in [-0.4, -0.2) is 54.8 Å². The predicted molar refractivity (Wildman–Crippen MR) is 70.2 cm³/mol. The van der Waals surface area contributed by atoms with Gasteiger partial charge in [-0.05, 0) is 5.56 Å². The van der Waals surface area contributed by atoms with Crippen LogP contribution < -0.4 is 0 Å². The Hall–Kier alpha value is -1.92. The van der Waals surface area contributed by atoms with Gasteiger partial charge in [-0.25, -0.2) is 4.79 Å². The molecule has 1 N–H and O–H groups in total. The van der Waals surface area contributed by atoms with Crippen LogP contribution in [-0.2, 0) is 19.1 Å². The maximum Gasteiger partial charge on any atom is 0.329 e. The molecule has 2 rings (SSSR count). The number of amides is 1. The molecule has 1 aromatic carbocycles. The summed E-state index contributed by atoms with van der Waals surface area (Å²) in [4.78, 5) is 23.9. The fraction of sp³-hybridized carbons (Fsp3) is 0.429. The minimum absolute atomic E-state index is 0.145. The molecular weight excluding hydrogens is 262 g/mol. The summed E-state index contributed by atoms with van der Waals surface area (Å²) < 4.78 is 10.5. The third-order valence-corrected chi connectivity index (χ3v) is 3.04. The van der Waals surface area contributed by atoms with Gasteiger partial charge in [0, 0.05) is 6.54 Å². The molecule has 1 fully saturated rings. The third kappa shape index (κ3) is 4.04. The maximum absolute atomic E-state index is 11.9. The first-order valence-corrected chi connectivity index (χ1v) is 6.40. The molecule has 0 radical (unpaired) electrons. The van der Waals surface area contributed by atoms with E-state index in [9.17, 15) is 9.59 Å². The summed E-state index contributed by atoms with van der Waals surface area (Å²) in [6.45, 7) is 0.744. The van der Waals surface area contributed by atoms with Crippen LogP contribution in [0.4, 0.5) is 0 Å². The van der Waals surface area contributed by atoms with E-state index >= 15 is 0 Å². The molecule has 6 heteroatoms. The number of ether oxygens (including phenoxy) is 2. The van der Waals surface area contributed by atoms with Gasteiger partial charge < -0.3 is 19.5 Å². The van der Waals surface area contributed by atoms with Crippen LogP contribution in [0.25, 0.3) is 0 Å². The number of hydrogen-bond donors (Lipinski definition) is 1. The molecule has 0 spiro atoms. The van der Waals surface area contributed by atoms with E-state index in [-0.39, 0.29) is 18.6 Å². The third-order valence-electron chi connectivity index (χ3n) is 3.04. The molecule has 0 aromatic heterocycles. The first-order chi connectivity index (χ1) is 9.66. The number of morpholine rings is 1. The van der Waals surface area contributed by atoms with Gasteiger partial charge in [0.2, 0.25) is 5.91 Å². The van der Waals surface area contributed by atoms with Gasteiger partial charge in [-0.1, -0.05) is 30.3 Å². The Labute approximate surface area is 116 Å². The molecule has 0 aliphatic carbocycles. The quantitative estimate of drug-likeness (QED) is 0.858. The number of carboxylic acid groups (broad SMARTS) is 1. The lowest BCUT2D eigenvalue weighted by Gasteiger charge is -2.33. The number of benzene rings is 1. The van der Waals surface area contributed by atoms with Gasteiger partial charge in [-0.15, -0.1) is 0 Å². The summed E-state index contributed by atoms with van der Waals surface area (Å²) in [5, 5.41) is 8.46. The summed E-state index contributed by atoms with van der Waals surface area (Å²) in [6, 6.07) is 9.69. The molecule has 1 aliphatic rings. The molecular formula is C14H17NO5. The second-order valence-electron chi connectivity index (χ2n) is 4.50. The lowest BCUT2D eigenvalue weighted by Crippen LogP contribution is -2.44. The van der Waals surface area contributed by atoms with Crippen molar-refractivity contribution in [3.8, 4) is 0 Å². The zero-order chi connectivity index (χ0) is 14.4. The van der Waals surface area contributed by atoms with Crippen molar-refractivity contribution in [3.63, 3.8) is 0 Å². The van der Waals surface area contributed by atoms with Crippen molar-refractivity contribution in [1.29, 1.82) is 0 Å². The topological polar surface area (TPSA) is 76.1 Å². The normalized spacial score (nSPS) is 18.8. The molecule has 0 saturated carbocycles. The van der Waals surface area contributed by atoms with Crippen molar-refractivity contribution in [2.45, 2.75) is 6.10 Å². The molecule has 1 saturated heterocycles. The highest BCUT2D eigenvalue weighted by Gasteiger charge is 2.25. The number of hydrogen-bond acceptors (Lipinski definition) is 4. The summed E-state index contributed by atoms with van der Waals surface area (Å²) in [5.74, 6) is -1.29. The highest BCUT2D eigenvalue weighted by Crippen LogP contribution is 2.21. The van der Waals surface area contributed by atoms with Gasteiger partial charge in [-0.2, -0.15) is 0 Å². The van der Waals surface area contributed by atoms with Gasteiger partial charge in [0.25, 0.3) is 0 Å². The van der Waals surface area contributed by atoms with Crippen LogP contribution in [0, 0.1) is 0 Å². The van der Waals surface area contributed by atoms with E-state index in [0.717, 1.165) is 5.56 Å². The van der Waals surface area contributed by atoms with Crippen molar-refractivity contribution < 1.29 is 24.2 Å². The minimum atomic E-state index is -1.08. The number of nitrogens with zero attached hydrogens (tertiary/aromatic N) is 1. The van der Waals surface area contributed by atoms with E-state index in [1.165, 1.54) is 0 Å². The summed E-state index contributed by atoms with van der Waals surface area (Å²) >= 11 is 0.